The van der Waals surface area contributed by atoms with E-state index >= 15 is 0 Å². The van der Waals surface area contributed by atoms with Gasteiger partial charge in [-0.15, -0.1) is 0 Å². The van der Waals surface area contributed by atoms with Crippen LogP contribution in [-0.2, 0) is 135 Å². The average Bonchev–Trinajstić information content (AvgIpc) is 3.25. The predicted octanol–water partition coefficient (Wildman–Crippen LogP) is 3.39. The molecule has 0 bridgehead atoms. The van der Waals surface area contributed by atoms with Gasteiger partial charge in [-0.1, -0.05) is 47.4 Å². The van der Waals surface area contributed by atoms with Crippen LogP contribution < -0.4 is 0 Å². The smallest absolute Gasteiger partial charge is 0.303 e. The highest BCUT2D eigenvalue weighted by Gasteiger charge is 2.33. The van der Waals surface area contributed by atoms with Crippen molar-refractivity contribution in [3.05, 3.63) is 55.6 Å². The van der Waals surface area contributed by atoms with Crippen molar-refractivity contribution >= 4 is 59.7 Å². The van der Waals surface area contributed by atoms with Crippen LogP contribution in [0.1, 0.15) is 125 Å². The van der Waals surface area contributed by atoms with E-state index in [2.05, 4.69) is 47.4 Å². The fourth-order valence-electron chi connectivity index (χ4n) is 5.99. The minimum absolute atomic E-state index is 0.0173. The summed E-state index contributed by atoms with van der Waals surface area (Å²) in [5.74, 6) is 14.7. The van der Waals surface area contributed by atoms with Crippen LogP contribution in [0.2, 0.25) is 0 Å². The van der Waals surface area contributed by atoms with Crippen LogP contribution in [0.25, 0.3) is 11.1 Å². The van der Waals surface area contributed by atoms with E-state index < -0.39 is 126 Å². The Morgan fingerprint density at radius 2 is 0.429 bits per heavy atom. The minimum atomic E-state index is -0.830. The van der Waals surface area contributed by atoms with Crippen LogP contribution in [0.15, 0.2) is 0 Å². The fourth-order valence-corrected chi connectivity index (χ4v) is 5.99. The van der Waals surface area contributed by atoms with Crippen molar-refractivity contribution in [1.82, 2.24) is 0 Å². The molecule has 0 aliphatic rings. The van der Waals surface area contributed by atoms with Crippen molar-refractivity contribution in [2.24, 2.45) is 0 Å². The van der Waals surface area contributed by atoms with E-state index in [0.29, 0.717) is 0 Å². The maximum atomic E-state index is 12.8. The molecule has 0 N–H and O–H groups in total. The zero-order chi connectivity index (χ0) is 52.5. The van der Waals surface area contributed by atoms with Gasteiger partial charge < -0.3 is 47.4 Å². The predicted molar refractivity (Wildman–Crippen MR) is 239 cm³/mol. The highest BCUT2D eigenvalue weighted by Crippen LogP contribution is 2.44. The molecule has 0 saturated carbocycles. The number of hydrogen-bond acceptors (Lipinski definition) is 20. The Balaban J connectivity index is 3.95. The third-order valence-corrected chi connectivity index (χ3v) is 8.66. The molecule has 0 heterocycles. The van der Waals surface area contributed by atoms with Gasteiger partial charge in [0.15, 0.2) is 26.4 Å². The highest BCUT2D eigenvalue weighted by molar-refractivity contribution is 5.87. The third kappa shape index (κ3) is 19.7. The summed E-state index contributed by atoms with van der Waals surface area (Å²) in [6.07, 6.45) is 0. The first kappa shape index (κ1) is 57.5. The van der Waals surface area contributed by atoms with Crippen LogP contribution in [0, 0.1) is 47.4 Å². The molecule has 2 aromatic carbocycles. The zero-order valence-corrected chi connectivity index (χ0v) is 40.2. The standard InChI is InChI=1S/C50H50O20/c1-29(51)61-19-11-15-39-41(17-13-21-63-31(3)53)45(25-67-35(7)57)49(47(27-69-37(9)59)43(39)23-65-33(5)55)50-46(26-68-36(8)58)42(18-14-22-64-32(4)54)40(16-12-20-62-30(2)52)44(24-66-34(6)56)48(50)28-70-38(10)60/h19-28H2,1-10H3. The molecule has 0 aliphatic heterocycles. The lowest BCUT2D eigenvalue weighted by molar-refractivity contribution is -0.144. The van der Waals surface area contributed by atoms with Gasteiger partial charge in [-0.2, -0.15) is 0 Å². The highest BCUT2D eigenvalue weighted by atomic mass is 16.6. The Morgan fingerprint density at radius 1 is 0.257 bits per heavy atom. The topological polar surface area (TPSA) is 263 Å². The lowest BCUT2D eigenvalue weighted by Crippen LogP contribution is -2.19. The van der Waals surface area contributed by atoms with E-state index in [1.54, 1.807) is 0 Å². The van der Waals surface area contributed by atoms with Crippen LogP contribution >= 0.6 is 0 Å². The van der Waals surface area contributed by atoms with Gasteiger partial charge in [0.05, 0.1) is 0 Å². The molecule has 0 spiro atoms. The van der Waals surface area contributed by atoms with Crippen molar-refractivity contribution in [3.8, 4) is 58.5 Å². The average molecular weight is 971 g/mol. The van der Waals surface area contributed by atoms with Crippen LogP contribution in [0.5, 0.6) is 0 Å². The molecule has 0 aromatic heterocycles. The van der Waals surface area contributed by atoms with Gasteiger partial charge >= 0.3 is 59.7 Å². The number of hydrogen-bond donors (Lipinski definition) is 0. The van der Waals surface area contributed by atoms with Crippen LogP contribution in [0.4, 0.5) is 0 Å². The number of carbonyl (C=O) groups excluding carboxylic acids is 10. The number of rotatable bonds is 17. The summed E-state index contributed by atoms with van der Waals surface area (Å²) in [6, 6.07) is 0. The van der Waals surface area contributed by atoms with Gasteiger partial charge in [0.1, 0.15) is 39.6 Å². The lowest BCUT2D eigenvalue weighted by atomic mass is 9.78. The van der Waals surface area contributed by atoms with Crippen molar-refractivity contribution in [3.63, 3.8) is 0 Å². The summed E-state index contributed by atoms with van der Waals surface area (Å²) >= 11 is 0. The third-order valence-electron chi connectivity index (χ3n) is 8.66. The Kier molecular flexibility index (Phi) is 24.0. The molecule has 2 aromatic rings. The van der Waals surface area contributed by atoms with E-state index in [1.807, 2.05) is 0 Å². The first-order valence-electron chi connectivity index (χ1n) is 20.8. The van der Waals surface area contributed by atoms with E-state index in [0.717, 1.165) is 69.2 Å². The van der Waals surface area contributed by atoms with Crippen molar-refractivity contribution < 1.29 is 95.3 Å². The van der Waals surface area contributed by atoms with Crippen molar-refractivity contribution in [2.45, 2.75) is 109 Å². The molecule has 70 heavy (non-hydrogen) atoms. The van der Waals surface area contributed by atoms with Gasteiger partial charge in [0.2, 0.25) is 0 Å². The Hall–Kier alpha value is -8.62. The van der Waals surface area contributed by atoms with E-state index in [-0.39, 0.29) is 66.8 Å². The Morgan fingerprint density at radius 3 is 0.629 bits per heavy atom. The number of esters is 10. The van der Waals surface area contributed by atoms with Gasteiger partial charge in [0.25, 0.3) is 0 Å². The second-order valence-electron chi connectivity index (χ2n) is 14.1. The molecule has 0 radical (unpaired) electrons. The van der Waals surface area contributed by atoms with Crippen molar-refractivity contribution in [2.75, 3.05) is 26.4 Å². The van der Waals surface area contributed by atoms with E-state index in [1.165, 1.54) is 0 Å². The van der Waals surface area contributed by atoms with Gasteiger partial charge in [-0.3, -0.25) is 47.9 Å². The summed E-state index contributed by atoms with van der Waals surface area (Å²) in [6.45, 7) is 5.13. The summed E-state index contributed by atoms with van der Waals surface area (Å²) in [5.41, 5.74) is -0.718. The summed E-state index contributed by atoms with van der Waals surface area (Å²) < 4.78 is 54.0. The summed E-state index contributed by atoms with van der Waals surface area (Å²) in [7, 11) is 0. The molecule has 20 heteroatoms. The molecule has 0 fully saturated rings. The quantitative estimate of drug-likeness (QED) is 0.125. The van der Waals surface area contributed by atoms with Crippen molar-refractivity contribution in [1.29, 1.82) is 0 Å². The SMILES string of the molecule is CC(=O)OCC#Cc1c(C#CCOC(C)=O)c(COC(C)=O)c(-c2c(COC(C)=O)c(C#CCOC(C)=O)c(C#CCOC(C)=O)c(COC(C)=O)c2COC(C)=O)c(COC(C)=O)c1COC(C)=O. The second kappa shape index (κ2) is 29.2. The molecule has 0 saturated heterocycles. The Labute approximate surface area is 403 Å². The molecule has 0 atom stereocenters. The first-order chi connectivity index (χ1) is 33.0. The lowest BCUT2D eigenvalue weighted by Gasteiger charge is -2.28. The Bertz CT molecular complexity index is 2490. The van der Waals surface area contributed by atoms with E-state index in [4.69, 9.17) is 47.4 Å². The molecule has 0 aliphatic carbocycles. The molecule has 370 valence electrons. The summed E-state index contributed by atoms with van der Waals surface area (Å²) in [5, 5.41) is 0. The van der Waals surface area contributed by atoms with Gasteiger partial charge in [-0.05, 0) is 11.1 Å². The summed E-state index contributed by atoms with van der Waals surface area (Å²) in [4.78, 5) is 124. The van der Waals surface area contributed by atoms with Gasteiger partial charge in [0, 0.05) is 125 Å². The molecule has 0 unspecified atom stereocenters. The maximum Gasteiger partial charge on any atom is 0.303 e. The van der Waals surface area contributed by atoms with Crippen LogP contribution in [-0.4, -0.2) is 86.1 Å². The maximum absolute atomic E-state index is 12.8. The largest absolute Gasteiger partial charge is 0.461 e. The first-order valence-corrected chi connectivity index (χ1v) is 20.8. The number of ether oxygens (including phenoxy) is 10. The monoisotopic (exact) mass is 970 g/mol. The zero-order valence-electron chi connectivity index (χ0n) is 40.2. The molecule has 20 nitrogen and oxygen atoms in total. The van der Waals surface area contributed by atoms with Gasteiger partial charge in [-0.25, -0.2) is 0 Å². The minimum Gasteiger partial charge on any atom is -0.461 e. The molecular weight excluding hydrogens is 921 g/mol. The number of benzene rings is 2. The van der Waals surface area contributed by atoms with E-state index in [9.17, 15) is 47.9 Å². The molecule has 2 rings (SSSR count). The number of carbonyl (C=O) groups is 10. The molecular formula is C50H50O20. The fraction of sp³-hybridized carbons (Fsp3) is 0.400. The normalized spacial score (nSPS) is 9.69. The second-order valence-corrected chi connectivity index (χ2v) is 14.1. The van der Waals surface area contributed by atoms with Crippen LogP contribution in [0.3, 0.4) is 0 Å². The molecule has 0 amide bonds.